The Balaban J connectivity index is 1.83. The number of nitrogens with zero attached hydrogens (tertiary/aromatic N) is 2. The van der Waals surface area contributed by atoms with Gasteiger partial charge in [0.25, 0.3) is 5.91 Å². The first-order valence-electron chi connectivity index (χ1n) is 10.2. The number of thiazole rings is 1. The Hall–Kier alpha value is -3.26. The van der Waals surface area contributed by atoms with Crippen molar-refractivity contribution >= 4 is 63.2 Å². The highest BCUT2D eigenvalue weighted by molar-refractivity contribution is 7.17. The van der Waals surface area contributed by atoms with E-state index < -0.39 is 23.5 Å². The summed E-state index contributed by atoms with van der Waals surface area (Å²) in [6, 6.07) is 12.9. The van der Waals surface area contributed by atoms with Crippen molar-refractivity contribution in [2.75, 3.05) is 4.90 Å². The van der Waals surface area contributed by atoms with Crippen LogP contribution in [0.3, 0.4) is 0 Å². The van der Waals surface area contributed by atoms with E-state index in [1.165, 1.54) is 24.0 Å². The molecule has 1 amide bonds. The molecule has 0 saturated heterocycles. The molecule has 2 aromatic carbocycles. The lowest BCUT2D eigenvalue weighted by Gasteiger charge is -2.24. The number of carbonyl (C=O) groups excluding carboxylic acids is 3. The summed E-state index contributed by atoms with van der Waals surface area (Å²) < 4.78 is 0. The summed E-state index contributed by atoms with van der Waals surface area (Å²) >= 11 is 13.3. The summed E-state index contributed by atoms with van der Waals surface area (Å²) in [6.45, 7) is 3.07. The lowest BCUT2D eigenvalue weighted by Crippen LogP contribution is -2.30. The van der Waals surface area contributed by atoms with Crippen molar-refractivity contribution in [3.63, 3.8) is 0 Å². The number of aliphatic hydroxyl groups excluding tert-OH is 1. The second-order valence-corrected chi connectivity index (χ2v) is 9.38. The van der Waals surface area contributed by atoms with Crippen LogP contribution in [-0.2, 0) is 9.59 Å². The van der Waals surface area contributed by atoms with Crippen molar-refractivity contribution in [2.45, 2.75) is 19.9 Å². The summed E-state index contributed by atoms with van der Waals surface area (Å²) in [7, 11) is 0. The average molecular weight is 513 g/mol. The molecular weight excluding hydrogens is 495 g/mol. The molecule has 6 nitrogen and oxygen atoms in total. The van der Waals surface area contributed by atoms with Crippen molar-refractivity contribution < 1.29 is 19.5 Å². The normalized spacial score (nSPS) is 16.1. The molecule has 1 N–H and O–H groups in total. The fraction of sp³-hybridized carbons (Fsp3) is 0.120. The Kier molecular flexibility index (Phi) is 6.70. The molecule has 2 heterocycles. The molecule has 1 aromatic heterocycles. The van der Waals surface area contributed by atoms with Gasteiger partial charge >= 0.3 is 0 Å². The standard InChI is InChI=1S/C25H18Cl2N2O4S/c1-13-23(14(2)30)34-25(28-13)29-21(16-9-10-17(26)18(27)12-16)20(22(32)24(29)33)19(31)11-8-15-6-4-3-5-7-15/h3-12,21,32H,1-2H3/b11-8+. The predicted octanol–water partition coefficient (Wildman–Crippen LogP) is 6.14. The van der Waals surface area contributed by atoms with Gasteiger partial charge in [-0.25, -0.2) is 4.98 Å². The van der Waals surface area contributed by atoms with Crippen LogP contribution in [0.5, 0.6) is 0 Å². The molecule has 1 atom stereocenters. The van der Waals surface area contributed by atoms with Crippen LogP contribution in [0.2, 0.25) is 10.0 Å². The van der Waals surface area contributed by atoms with Gasteiger partial charge in [-0.3, -0.25) is 19.3 Å². The van der Waals surface area contributed by atoms with Crippen LogP contribution in [0, 0.1) is 6.92 Å². The van der Waals surface area contributed by atoms with Gasteiger partial charge in [-0.15, -0.1) is 0 Å². The van der Waals surface area contributed by atoms with Gasteiger partial charge in [0.15, 0.2) is 22.5 Å². The third-order valence-corrected chi connectivity index (χ3v) is 7.27. The number of hydrogen-bond donors (Lipinski definition) is 1. The zero-order valence-corrected chi connectivity index (χ0v) is 20.4. The molecule has 1 aliphatic heterocycles. The van der Waals surface area contributed by atoms with E-state index in [1.54, 1.807) is 25.1 Å². The maximum Gasteiger partial charge on any atom is 0.296 e. The Morgan fingerprint density at radius 1 is 1.12 bits per heavy atom. The number of benzene rings is 2. The Morgan fingerprint density at radius 3 is 2.44 bits per heavy atom. The van der Waals surface area contributed by atoms with Crippen LogP contribution < -0.4 is 4.90 Å². The van der Waals surface area contributed by atoms with Gasteiger partial charge in [-0.2, -0.15) is 0 Å². The number of hydrogen-bond acceptors (Lipinski definition) is 6. The Bertz CT molecular complexity index is 1380. The largest absolute Gasteiger partial charge is 0.503 e. The Labute approximate surface area is 209 Å². The van der Waals surface area contributed by atoms with E-state index in [2.05, 4.69) is 4.98 Å². The van der Waals surface area contributed by atoms with Crippen LogP contribution in [0.4, 0.5) is 5.13 Å². The number of aryl methyl sites for hydroxylation is 1. The number of aromatic nitrogens is 1. The van der Waals surface area contributed by atoms with Crippen molar-refractivity contribution in [2.24, 2.45) is 0 Å². The van der Waals surface area contributed by atoms with E-state index >= 15 is 0 Å². The fourth-order valence-corrected chi connectivity index (χ4v) is 4.99. The summed E-state index contributed by atoms with van der Waals surface area (Å²) in [5, 5.41) is 11.5. The van der Waals surface area contributed by atoms with E-state index in [4.69, 9.17) is 23.2 Å². The van der Waals surface area contributed by atoms with E-state index in [0.29, 0.717) is 21.2 Å². The quantitative estimate of drug-likeness (QED) is 0.316. The molecule has 0 fully saturated rings. The van der Waals surface area contributed by atoms with Crippen molar-refractivity contribution in [3.8, 4) is 0 Å². The summed E-state index contributed by atoms with van der Waals surface area (Å²) in [6.07, 6.45) is 2.90. The highest BCUT2D eigenvalue weighted by atomic mass is 35.5. The van der Waals surface area contributed by atoms with E-state index in [9.17, 15) is 19.5 Å². The number of halogens is 2. The maximum atomic E-state index is 13.3. The SMILES string of the molecule is CC(=O)c1sc(N2C(=O)C(O)=C(C(=O)/C=C/c3ccccc3)C2c2ccc(Cl)c(Cl)c2)nc1C. The average Bonchev–Trinajstić information content (AvgIpc) is 3.32. The van der Waals surface area contributed by atoms with Gasteiger partial charge in [0.05, 0.1) is 32.2 Å². The number of ketones is 2. The third kappa shape index (κ3) is 4.42. The molecule has 172 valence electrons. The van der Waals surface area contributed by atoms with Crippen molar-refractivity contribution in [1.82, 2.24) is 4.98 Å². The minimum Gasteiger partial charge on any atom is -0.503 e. The van der Waals surface area contributed by atoms with Gasteiger partial charge in [-0.05, 0) is 36.3 Å². The molecule has 4 rings (SSSR count). The van der Waals surface area contributed by atoms with Crippen LogP contribution in [0.1, 0.15) is 39.5 Å². The molecule has 0 saturated carbocycles. The lowest BCUT2D eigenvalue weighted by atomic mass is 9.96. The lowest BCUT2D eigenvalue weighted by molar-refractivity contribution is -0.117. The number of anilines is 1. The van der Waals surface area contributed by atoms with E-state index in [1.807, 2.05) is 30.3 Å². The van der Waals surface area contributed by atoms with Gasteiger partial charge in [-0.1, -0.05) is 77.0 Å². The second-order valence-electron chi connectivity index (χ2n) is 7.59. The maximum absolute atomic E-state index is 13.3. The number of aliphatic hydroxyl groups is 1. The monoisotopic (exact) mass is 512 g/mol. The van der Waals surface area contributed by atoms with Gasteiger partial charge in [0, 0.05) is 6.92 Å². The van der Waals surface area contributed by atoms with Crippen LogP contribution >= 0.6 is 34.5 Å². The van der Waals surface area contributed by atoms with Gasteiger partial charge in [0.2, 0.25) is 0 Å². The molecule has 3 aromatic rings. The zero-order valence-electron chi connectivity index (χ0n) is 18.1. The highest BCUT2D eigenvalue weighted by Crippen LogP contribution is 2.44. The molecule has 1 unspecified atom stereocenters. The molecule has 0 radical (unpaired) electrons. The number of rotatable bonds is 6. The molecule has 0 spiro atoms. The Morgan fingerprint density at radius 2 is 1.82 bits per heavy atom. The molecule has 1 aliphatic rings. The number of carbonyl (C=O) groups is 3. The number of amides is 1. The van der Waals surface area contributed by atoms with Crippen molar-refractivity contribution in [3.05, 3.63) is 97.7 Å². The first kappa shape index (κ1) is 23.9. The summed E-state index contributed by atoms with van der Waals surface area (Å²) in [5.41, 5.74) is 1.58. The first-order valence-corrected chi connectivity index (χ1v) is 11.7. The molecule has 9 heteroatoms. The number of allylic oxidation sites excluding steroid dienone is 1. The first-order chi connectivity index (χ1) is 16.2. The topological polar surface area (TPSA) is 87.6 Å². The molecule has 0 aliphatic carbocycles. The minimum atomic E-state index is -1.01. The number of Topliss-reactive ketones (excluding diaryl/α,β-unsaturated/α-hetero) is 1. The van der Waals surface area contributed by atoms with Crippen LogP contribution in [-0.4, -0.2) is 27.6 Å². The van der Waals surface area contributed by atoms with Crippen LogP contribution in [0.15, 0.2) is 65.9 Å². The summed E-state index contributed by atoms with van der Waals surface area (Å²) in [5.74, 6) is -2.22. The van der Waals surface area contributed by atoms with Crippen molar-refractivity contribution in [1.29, 1.82) is 0 Å². The predicted molar refractivity (Wildman–Crippen MR) is 134 cm³/mol. The van der Waals surface area contributed by atoms with Gasteiger partial charge < -0.3 is 5.11 Å². The minimum absolute atomic E-state index is 0.118. The van der Waals surface area contributed by atoms with Crippen LogP contribution in [0.25, 0.3) is 6.08 Å². The zero-order chi connectivity index (χ0) is 24.6. The van der Waals surface area contributed by atoms with E-state index in [-0.39, 0.29) is 21.5 Å². The van der Waals surface area contributed by atoms with E-state index in [0.717, 1.165) is 16.9 Å². The second kappa shape index (κ2) is 9.54. The molecule has 0 bridgehead atoms. The fourth-order valence-electron chi connectivity index (χ4n) is 3.69. The summed E-state index contributed by atoms with van der Waals surface area (Å²) in [4.78, 5) is 44.4. The highest BCUT2D eigenvalue weighted by Gasteiger charge is 2.45. The van der Waals surface area contributed by atoms with Gasteiger partial charge in [0.1, 0.15) is 0 Å². The molecular formula is C25H18Cl2N2O4S. The third-order valence-electron chi connectivity index (χ3n) is 5.27. The molecule has 34 heavy (non-hydrogen) atoms. The smallest absolute Gasteiger partial charge is 0.296 e.